The van der Waals surface area contributed by atoms with Gasteiger partial charge in [0.1, 0.15) is 10.7 Å². The largest absolute Gasteiger partial charge is 0.399 e. The van der Waals surface area contributed by atoms with E-state index >= 15 is 0 Å². The maximum atomic E-state index is 13.8. The van der Waals surface area contributed by atoms with E-state index in [1.807, 2.05) is 11.4 Å². The zero-order valence-electron chi connectivity index (χ0n) is 10.5. The molecule has 0 saturated heterocycles. The van der Waals surface area contributed by atoms with E-state index in [-0.39, 0.29) is 17.1 Å². The Kier molecular flexibility index (Phi) is 4.48. The van der Waals surface area contributed by atoms with Crippen molar-refractivity contribution in [1.29, 1.82) is 0 Å². The van der Waals surface area contributed by atoms with Gasteiger partial charge in [-0.05, 0) is 51.1 Å². The number of thiophene rings is 1. The predicted molar refractivity (Wildman–Crippen MR) is 81.5 cm³/mol. The van der Waals surface area contributed by atoms with Crippen LogP contribution in [0.15, 0.2) is 38.3 Å². The summed E-state index contributed by atoms with van der Waals surface area (Å²) in [5.74, 6) is -0.844. The van der Waals surface area contributed by atoms with Gasteiger partial charge in [0, 0.05) is 19.3 Å². The van der Waals surface area contributed by atoms with Crippen LogP contribution in [0.4, 0.5) is 10.1 Å². The van der Waals surface area contributed by atoms with Crippen LogP contribution in [-0.2, 0) is 16.6 Å². The van der Waals surface area contributed by atoms with Crippen LogP contribution in [0, 0.1) is 5.82 Å². The highest BCUT2D eigenvalue weighted by Crippen LogP contribution is 2.25. The summed E-state index contributed by atoms with van der Waals surface area (Å²) >= 11 is 4.78. The first-order valence-electron chi connectivity index (χ1n) is 5.55. The molecule has 0 aliphatic carbocycles. The van der Waals surface area contributed by atoms with Crippen LogP contribution < -0.4 is 5.73 Å². The first kappa shape index (κ1) is 15.4. The maximum absolute atomic E-state index is 13.8. The molecule has 0 fully saturated rings. The highest BCUT2D eigenvalue weighted by molar-refractivity contribution is 9.11. The van der Waals surface area contributed by atoms with Gasteiger partial charge in [-0.2, -0.15) is 4.31 Å². The van der Waals surface area contributed by atoms with Crippen LogP contribution in [-0.4, -0.2) is 19.8 Å². The average molecular weight is 379 g/mol. The second-order valence-corrected chi connectivity index (χ2v) is 8.51. The van der Waals surface area contributed by atoms with Crippen LogP contribution >= 0.6 is 27.3 Å². The molecule has 8 heteroatoms. The van der Waals surface area contributed by atoms with Crippen LogP contribution in [0.1, 0.15) is 5.56 Å². The van der Waals surface area contributed by atoms with E-state index in [1.165, 1.54) is 30.5 Å². The average Bonchev–Trinajstić information content (AvgIpc) is 2.74. The lowest BCUT2D eigenvalue weighted by atomic mass is 10.3. The Labute approximate surface area is 129 Å². The minimum atomic E-state index is -3.88. The van der Waals surface area contributed by atoms with E-state index in [1.54, 1.807) is 0 Å². The molecule has 0 unspecified atom stereocenters. The lowest BCUT2D eigenvalue weighted by Gasteiger charge is -2.17. The quantitative estimate of drug-likeness (QED) is 0.831. The fraction of sp³-hybridized carbons (Fsp3) is 0.167. The number of benzene rings is 1. The number of nitrogen functional groups attached to an aromatic ring is 1. The first-order valence-corrected chi connectivity index (χ1v) is 8.66. The molecule has 108 valence electrons. The van der Waals surface area contributed by atoms with Crippen molar-refractivity contribution < 1.29 is 12.8 Å². The highest BCUT2D eigenvalue weighted by atomic mass is 79.9. The van der Waals surface area contributed by atoms with Crippen LogP contribution in [0.3, 0.4) is 0 Å². The van der Waals surface area contributed by atoms with E-state index in [0.29, 0.717) is 0 Å². The van der Waals surface area contributed by atoms with Crippen molar-refractivity contribution in [3.05, 3.63) is 44.8 Å². The lowest BCUT2D eigenvalue weighted by molar-refractivity contribution is 0.460. The zero-order chi connectivity index (χ0) is 14.9. The molecule has 0 aliphatic rings. The topological polar surface area (TPSA) is 63.4 Å². The van der Waals surface area contributed by atoms with Gasteiger partial charge in [0.15, 0.2) is 0 Å². The van der Waals surface area contributed by atoms with Gasteiger partial charge in [0.05, 0.1) is 3.79 Å². The molecule has 0 aliphatic heterocycles. The summed E-state index contributed by atoms with van der Waals surface area (Å²) in [6.45, 7) is 0.175. The van der Waals surface area contributed by atoms with Gasteiger partial charge in [-0.3, -0.25) is 0 Å². The highest BCUT2D eigenvalue weighted by Gasteiger charge is 2.24. The van der Waals surface area contributed by atoms with Crippen LogP contribution in [0.2, 0.25) is 0 Å². The standard InChI is InChI=1S/C12H12BrFN2O2S2/c1-16(6-8-4-12(13)19-7-8)20(17,18)11-3-2-9(15)5-10(11)14/h2-5,7H,6,15H2,1H3. The van der Waals surface area contributed by atoms with Gasteiger partial charge >= 0.3 is 0 Å². The summed E-state index contributed by atoms with van der Waals surface area (Å²) in [6, 6.07) is 5.38. The third-order valence-corrected chi connectivity index (χ3v) is 6.06. The third-order valence-electron chi connectivity index (χ3n) is 2.67. The number of sulfonamides is 1. The summed E-state index contributed by atoms with van der Waals surface area (Å²) in [5.41, 5.74) is 6.44. The Bertz CT molecular complexity index is 731. The van der Waals surface area contributed by atoms with Crippen molar-refractivity contribution in [1.82, 2.24) is 4.31 Å². The number of hydrogen-bond acceptors (Lipinski definition) is 4. The van der Waals surface area contributed by atoms with Crippen molar-refractivity contribution in [3.63, 3.8) is 0 Å². The fourth-order valence-corrected chi connectivity index (χ4v) is 4.07. The molecular weight excluding hydrogens is 367 g/mol. The summed E-state index contributed by atoms with van der Waals surface area (Å²) in [7, 11) is -2.47. The minimum absolute atomic E-state index is 0.175. The van der Waals surface area contributed by atoms with Gasteiger partial charge in [-0.1, -0.05) is 0 Å². The van der Waals surface area contributed by atoms with Crippen molar-refractivity contribution in [2.45, 2.75) is 11.4 Å². The molecule has 0 atom stereocenters. The number of hydrogen-bond donors (Lipinski definition) is 1. The monoisotopic (exact) mass is 378 g/mol. The molecule has 1 heterocycles. The van der Waals surface area contributed by atoms with Crippen molar-refractivity contribution in [3.8, 4) is 0 Å². The molecule has 1 aromatic heterocycles. The Morgan fingerprint density at radius 1 is 1.40 bits per heavy atom. The van der Waals surface area contributed by atoms with Crippen molar-refractivity contribution in [2.75, 3.05) is 12.8 Å². The van der Waals surface area contributed by atoms with E-state index in [2.05, 4.69) is 15.9 Å². The predicted octanol–water partition coefficient (Wildman–Crippen LogP) is 3.05. The van der Waals surface area contributed by atoms with E-state index in [0.717, 1.165) is 19.7 Å². The summed E-state index contributed by atoms with van der Waals surface area (Å²) in [4.78, 5) is -0.372. The molecule has 0 spiro atoms. The molecule has 2 N–H and O–H groups in total. The zero-order valence-corrected chi connectivity index (χ0v) is 13.7. The van der Waals surface area contributed by atoms with Crippen molar-refractivity contribution in [2.24, 2.45) is 0 Å². The summed E-state index contributed by atoms with van der Waals surface area (Å²) in [6.07, 6.45) is 0. The lowest BCUT2D eigenvalue weighted by Crippen LogP contribution is -2.27. The number of nitrogens with zero attached hydrogens (tertiary/aromatic N) is 1. The van der Waals surface area contributed by atoms with Crippen LogP contribution in [0.5, 0.6) is 0 Å². The second kappa shape index (κ2) is 5.80. The smallest absolute Gasteiger partial charge is 0.246 e. The molecule has 20 heavy (non-hydrogen) atoms. The second-order valence-electron chi connectivity index (χ2n) is 4.21. The molecular formula is C12H12BrFN2O2S2. The van der Waals surface area contributed by atoms with Gasteiger partial charge in [0.25, 0.3) is 0 Å². The molecule has 0 saturated carbocycles. The van der Waals surface area contributed by atoms with Gasteiger partial charge in [0.2, 0.25) is 10.0 Å². The maximum Gasteiger partial charge on any atom is 0.246 e. The van der Waals surface area contributed by atoms with Gasteiger partial charge in [-0.25, -0.2) is 12.8 Å². The number of halogens is 2. The van der Waals surface area contributed by atoms with E-state index < -0.39 is 15.8 Å². The Hall–Kier alpha value is -0.960. The third kappa shape index (κ3) is 3.20. The molecule has 1 aromatic carbocycles. The summed E-state index contributed by atoms with van der Waals surface area (Å²) in [5, 5.41) is 1.84. The Morgan fingerprint density at radius 2 is 2.10 bits per heavy atom. The molecule has 4 nitrogen and oxygen atoms in total. The Morgan fingerprint density at radius 3 is 2.65 bits per heavy atom. The minimum Gasteiger partial charge on any atom is -0.399 e. The van der Waals surface area contributed by atoms with Gasteiger partial charge < -0.3 is 5.73 Å². The molecule has 2 rings (SSSR count). The summed E-state index contributed by atoms with van der Waals surface area (Å²) < 4.78 is 40.4. The van der Waals surface area contributed by atoms with Gasteiger partial charge in [-0.15, -0.1) is 11.3 Å². The number of rotatable bonds is 4. The first-order chi connectivity index (χ1) is 9.30. The molecule has 0 amide bonds. The van der Waals surface area contributed by atoms with E-state index in [4.69, 9.17) is 5.73 Å². The molecule has 0 bridgehead atoms. The number of anilines is 1. The number of nitrogens with two attached hydrogens (primary N) is 1. The molecule has 2 aromatic rings. The Balaban J connectivity index is 2.29. The van der Waals surface area contributed by atoms with E-state index in [9.17, 15) is 12.8 Å². The fourth-order valence-electron chi connectivity index (χ4n) is 1.66. The van der Waals surface area contributed by atoms with Crippen molar-refractivity contribution >= 4 is 43.0 Å². The SMILES string of the molecule is CN(Cc1csc(Br)c1)S(=O)(=O)c1ccc(N)cc1F. The molecule has 0 radical (unpaired) electrons. The normalized spacial score (nSPS) is 12.0. The van der Waals surface area contributed by atoms with Crippen LogP contribution in [0.25, 0.3) is 0 Å².